The number of nitrogens with zero attached hydrogens (tertiary/aromatic N) is 2. The largest absolute Gasteiger partial charge is 0.350 e. The molecule has 5 nitrogen and oxygen atoms in total. The third kappa shape index (κ3) is 5.38. The van der Waals surface area contributed by atoms with Crippen LogP contribution in [0.25, 0.3) is 0 Å². The molecule has 120 valence electrons. The minimum Gasteiger partial charge on any atom is -0.350 e. The van der Waals surface area contributed by atoms with Crippen LogP contribution in [0.4, 0.5) is 0 Å². The van der Waals surface area contributed by atoms with Crippen LogP contribution in [0.3, 0.4) is 0 Å². The van der Waals surface area contributed by atoms with Gasteiger partial charge in [0.25, 0.3) is 5.91 Å². The van der Waals surface area contributed by atoms with Crippen LogP contribution in [0, 0.1) is 0 Å². The van der Waals surface area contributed by atoms with E-state index in [1.807, 2.05) is 18.2 Å². The van der Waals surface area contributed by atoms with Gasteiger partial charge in [-0.3, -0.25) is 14.6 Å². The lowest BCUT2D eigenvalue weighted by molar-refractivity contribution is -0.129. The lowest BCUT2D eigenvalue weighted by Gasteiger charge is -2.20. The van der Waals surface area contributed by atoms with Crippen LogP contribution in [-0.2, 0) is 11.3 Å². The standard InChI is InChI=1S/C17H18ClN3O2/c1-13(22)21(12-16-4-2-3-9-19-16)11-10-20-17(23)14-5-7-15(18)8-6-14/h2-9H,10-12H2,1H3,(H,20,23). The molecule has 0 saturated carbocycles. The van der Waals surface area contributed by atoms with Crippen LogP contribution >= 0.6 is 11.6 Å². The Balaban J connectivity index is 1.85. The number of nitrogens with one attached hydrogen (secondary N) is 1. The van der Waals surface area contributed by atoms with Crippen molar-refractivity contribution < 1.29 is 9.59 Å². The number of hydrogen-bond acceptors (Lipinski definition) is 3. The van der Waals surface area contributed by atoms with E-state index in [4.69, 9.17) is 11.6 Å². The molecule has 1 aromatic heterocycles. The average molecular weight is 332 g/mol. The molecule has 1 aromatic carbocycles. The van der Waals surface area contributed by atoms with Crippen molar-refractivity contribution in [3.8, 4) is 0 Å². The molecule has 0 fully saturated rings. The predicted octanol–water partition coefficient (Wildman–Crippen LogP) is 2.51. The van der Waals surface area contributed by atoms with Crippen molar-refractivity contribution in [1.82, 2.24) is 15.2 Å². The van der Waals surface area contributed by atoms with Gasteiger partial charge in [0.15, 0.2) is 0 Å². The number of aromatic nitrogens is 1. The van der Waals surface area contributed by atoms with Crippen molar-refractivity contribution in [2.24, 2.45) is 0 Å². The van der Waals surface area contributed by atoms with Crippen molar-refractivity contribution in [2.75, 3.05) is 13.1 Å². The highest BCUT2D eigenvalue weighted by Gasteiger charge is 2.11. The van der Waals surface area contributed by atoms with E-state index in [9.17, 15) is 9.59 Å². The summed E-state index contributed by atoms with van der Waals surface area (Å²) in [4.78, 5) is 29.5. The lowest BCUT2D eigenvalue weighted by Crippen LogP contribution is -2.37. The molecule has 2 aromatic rings. The summed E-state index contributed by atoms with van der Waals surface area (Å²) in [6, 6.07) is 12.2. The highest BCUT2D eigenvalue weighted by molar-refractivity contribution is 6.30. The van der Waals surface area contributed by atoms with Crippen LogP contribution < -0.4 is 5.32 Å². The quantitative estimate of drug-likeness (QED) is 0.884. The molecule has 1 heterocycles. The number of halogens is 1. The van der Waals surface area contributed by atoms with E-state index >= 15 is 0 Å². The molecule has 0 radical (unpaired) electrons. The molecular formula is C17H18ClN3O2. The number of carbonyl (C=O) groups excluding carboxylic acids is 2. The Labute approximate surface area is 140 Å². The first-order chi connectivity index (χ1) is 11.1. The Morgan fingerprint density at radius 1 is 1.17 bits per heavy atom. The zero-order valence-corrected chi connectivity index (χ0v) is 13.6. The lowest BCUT2D eigenvalue weighted by atomic mass is 10.2. The van der Waals surface area contributed by atoms with E-state index in [1.54, 1.807) is 35.4 Å². The zero-order valence-electron chi connectivity index (χ0n) is 12.8. The number of pyridine rings is 1. The van der Waals surface area contributed by atoms with Crippen LogP contribution in [0.2, 0.25) is 5.02 Å². The fourth-order valence-corrected chi connectivity index (χ4v) is 2.17. The number of benzene rings is 1. The van der Waals surface area contributed by atoms with Gasteiger partial charge in [-0.15, -0.1) is 0 Å². The van der Waals surface area contributed by atoms with Gasteiger partial charge < -0.3 is 10.2 Å². The van der Waals surface area contributed by atoms with Crippen LogP contribution in [0.1, 0.15) is 23.0 Å². The third-order valence-corrected chi connectivity index (χ3v) is 3.55. The van der Waals surface area contributed by atoms with Gasteiger partial charge >= 0.3 is 0 Å². The van der Waals surface area contributed by atoms with Crippen LogP contribution in [-0.4, -0.2) is 34.8 Å². The summed E-state index contributed by atoms with van der Waals surface area (Å²) in [5.74, 6) is -0.251. The van der Waals surface area contributed by atoms with Gasteiger partial charge in [0, 0.05) is 36.8 Å². The van der Waals surface area contributed by atoms with Gasteiger partial charge in [-0.2, -0.15) is 0 Å². The minimum atomic E-state index is -0.192. The van der Waals surface area contributed by atoms with Crippen molar-refractivity contribution in [3.05, 3.63) is 64.9 Å². The van der Waals surface area contributed by atoms with Crippen molar-refractivity contribution >= 4 is 23.4 Å². The normalized spacial score (nSPS) is 10.2. The summed E-state index contributed by atoms with van der Waals surface area (Å²) in [6.07, 6.45) is 1.69. The van der Waals surface area contributed by atoms with Gasteiger partial charge in [0.05, 0.1) is 12.2 Å². The van der Waals surface area contributed by atoms with E-state index in [0.29, 0.717) is 30.2 Å². The Hall–Kier alpha value is -2.40. The van der Waals surface area contributed by atoms with Gasteiger partial charge in [-0.25, -0.2) is 0 Å². The van der Waals surface area contributed by atoms with Gasteiger partial charge in [-0.05, 0) is 36.4 Å². The van der Waals surface area contributed by atoms with Crippen molar-refractivity contribution in [1.29, 1.82) is 0 Å². The first-order valence-corrected chi connectivity index (χ1v) is 7.63. The maximum absolute atomic E-state index is 12.0. The Morgan fingerprint density at radius 3 is 2.52 bits per heavy atom. The summed E-state index contributed by atoms with van der Waals surface area (Å²) in [5, 5.41) is 3.38. The van der Waals surface area contributed by atoms with E-state index < -0.39 is 0 Å². The molecule has 1 N–H and O–H groups in total. The van der Waals surface area contributed by atoms with Gasteiger partial charge in [-0.1, -0.05) is 17.7 Å². The Bertz CT molecular complexity index is 659. The summed E-state index contributed by atoms with van der Waals surface area (Å²) >= 11 is 5.79. The number of rotatable bonds is 6. The minimum absolute atomic E-state index is 0.0589. The molecule has 23 heavy (non-hydrogen) atoms. The smallest absolute Gasteiger partial charge is 0.251 e. The summed E-state index contributed by atoms with van der Waals surface area (Å²) in [7, 11) is 0. The van der Waals surface area contributed by atoms with Gasteiger partial charge in [0.1, 0.15) is 0 Å². The monoisotopic (exact) mass is 331 g/mol. The van der Waals surface area contributed by atoms with E-state index in [2.05, 4.69) is 10.3 Å². The van der Waals surface area contributed by atoms with Gasteiger partial charge in [0.2, 0.25) is 5.91 Å². The summed E-state index contributed by atoms with van der Waals surface area (Å²) in [5.41, 5.74) is 1.35. The average Bonchev–Trinajstić information content (AvgIpc) is 2.55. The maximum Gasteiger partial charge on any atom is 0.251 e. The molecule has 0 aliphatic carbocycles. The molecule has 0 aliphatic heterocycles. The second kappa shape index (κ2) is 8.29. The fourth-order valence-electron chi connectivity index (χ4n) is 2.04. The first kappa shape index (κ1) is 17.0. The van der Waals surface area contributed by atoms with E-state index in [-0.39, 0.29) is 11.8 Å². The van der Waals surface area contributed by atoms with E-state index in [1.165, 1.54) is 6.92 Å². The highest BCUT2D eigenvalue weighted by atomic mass is 35.5. The molecule has 0 saturated heterocycles. The molecule has 2 amide bonds. The molecule has 0 aliphatic rings. The topological polar surface area (TPSA) is 62.3 Å². The number of carbonyl (C=O) groups is 2. The molecule has 6 heteroatoms. The third-order valence-electron chi connectivity index (χ3n) is 3.30. The molecule has 0 atom stereocenters. The molecule has 2 rings (SSSR count). The Morgan fingerprint density at radius 2 is 1.91 bits per heavy atom. The number of hydrogen-bond donors (Lipinski definition) is 1. The second-order valence-electron chi connectivity index (χ2n) is 5.02. The molecule has 0 unspecified atom stereocenters. The van der Waals surface area contributed by atoms with Crippen molar-refractivity contribution in [3.63, 3.8) is 0 Å². The second-order valence-corrected chi connectivity index (χ2v) is 5.46. The molecule has 0 spiro atoms. The van der Waals surface area contributed by atoms with E-state index in [0.717, 1.165) is 5.69 Å². The highest BCUT2D eigenvalue weighted by Crippen LogP contribution is 2.09. The Kier molecular flexibility index (Phi) is 6.11. The summed E-state index contributed by atoms with van der Waals surface area (Å²) < 4.78 is 0. The summed E-state index contributed by atoms with van der Waals surface area (Å²) in [6.45, 7) is 2.72. The maximum atomic E-state index is 12.0. The molecule has 0 bridgehead atoms. The predicted molar refractivity (Wildman–Crippen MR) is 89.1 cm³/mol. The van der Waals surface area contributed by atoms with Crippen LogP contribution in [0.5, 0.6) is 0 Å². The van der Waals surface area contributed by atoms with Crippen LogP contribution in [0.15, 0.2) is 48.7 Å². The zero-order chi connectivity index (χ0) is 16.7. The SMILES string of the molecule is CC(=O)N(CCNC(=O)c1ccc(Cl)cc1)Cc1ccccn1. The fraction of sp³-hybridized carbons (Fsp3) is 0.235. The first-order valence-electron chi connectivity index (χ1n) is 7.25. The number of amides is 2. The molecular weight excluding hydrogens is 314 g/mol. The van der Waals surface area contributed by atoms with Crippen molar-refractivity contribution in [2.45, 2.75) is 13.5 Å².